The molecule has 110 valence electrons. The van der Waals surface area contributed by atoms with Gasteiger partial charge in [0, 0.05) is 17.8 Å². The van der Waals surface area contributed by atoms with Crippen molar-refractivity contribution in [2.75, 3.05) is 5.32 Å². The summed E-state index contributed by atoms with van der Waals surface area (Å²) >= 11 is 11.8. The van der Waals surface area contributed by atoms with Gasteiger partial charge in [-0.1, -0.05) is 29.6 Å². The molecular weight excluding hydrogens is 297 g/mol. The van der Waals surface area contributed by atoms with E-state index in [1.54, 1.807) is 18.2 Å². The van der Waals surface area contributed by atoms with Crippen LogP contribution in [0.1, 0.15) is 33.1 Å². The quantitative estimate of drug-likeness (QED) is 0.855. The van der Waals surface area contributed by atoms with Crippen molar-refractivity contribution >= 4 is 34.9 Å². The topological polar surface area (TPSA) is 44.4 Å². The minimum absolute atomic E-state index is 0.260. The summed E-state index contributed by atoms with van der Waals surface area (Å²) in [5, 5.41) is 5.66. The number of benzene rings is 1. The number of halogens is 2. The summed E-state index contributed by atoms with van der Waals surface area (Å²) in [4.78, 5) is 12.0. The molecule has 1 aliphatic heterocycles. The molecule has 2 rings (SSSR count). The number of urea groups is 1. The summed E-state index contributed by atoms with van der Waals surface area (Å²) < 4.78 is 0. The van der Waals surface area contributed by atoms with Crippen molar-refractivity contribution < 1.29 is 4.79 Å². The minimum atomic E-state index is -0.260. The molecule has 1 heterocycles. The van der Waals surface area contributed by atoms with E-state index in [1.165, 1.54) is 6.42 Å². The lowest BCUT2D eigenvalue weighted by Gasteiger charge is -2.38. The van der Waals surface area contributed by atoms with Gasteiger partial charge in [-0.05, 0) is 44.9 Å². The van der Waals surface area contributed by atoms with Crippen LogP contribution < -0.4 is 10.7 Å². The third kappa shape index (κ3) is 3.78. The molecule has 20 heavy (non-hydrogen) atoms. The highest BCUT2D eigenvalue weighted by molar-refractivity contribution is 6.42. The fourth-order valence-corrected chi connectivity index (χ4v) is 2.79. The third-order valence-corrected chi connectivity index (χ3v) is 4.34. The van der Waals surface area contributed by atoms with Crippen LogP contribution in [0.2, 0.25) is 10.0 Å². The highest BCUT2D eigenvalue weighted by Crippen LogP contribution is 2.25. The maximum Gasteiger partial charge on any atom is 0.333 e. The van der Waals surface area contributed by atoms with Crippen LogP contribution in [-0.4, -0.2) is 23.1 Å². The molecule has 6 heteroatoms. The molecule has 4 nitrogen and oxygen atoms in total. The van der Waals surface area contributed by atoms with Crippen molar-refractivity contribution in [2.45, 2.75) is 45.2 Å². The predicted molar refractivity (Wildman–Crippen MR) is 83.2 cm³/mol. The normalized spacial score (nSPS) is 23.4. The van der Waals surface area contributed by atoms with Crippen molar-refractivity contribution in [3.63, 3.8) is 0 Å². The number of carbonyl (C=O) groups excluding carboxylic acids is 1. The zero-order valence-corrected chi connectivity index (χ0v) is 13.1. The molecular formula is C14H19Cl2N3O. The predicted octanol–water partition coefficient (Wildman–Crippen LogP) is 4.29. The zero-order valence-electron chi connectivity index (χ0n) is 11.6. The molecule has 2 atom stereocenters. The molecule has 1 aliphatic rings. The van der Waals surface area contributed by atoms with Crippen LogP contribution in [0.3, 0.4) is 0 Å². The zero-order chi connectivity index (χ0) is 14.7. The molecule has 1 aromatic rings. The summed E-state index contributed by atoms with van der Waals surface area (Å²) in [6, 6.07) is 5.44. The molecule has 0 aliphatic carbocycles. The van der Waals surface area contributed by atoms with Crippen LogP contribution in [0.5, 0.6) is 0 Å². The molecule has 2 N–H and O–H groups in total. The Hall–Kier alpha value is -0.970. The van der Waals surface area contributed by atoms with Crippen LogP contribution in [0.15, 0.2) is 18.2 Å². The van der Waals surface area contributed by atoms with Gasteiger partial charge in [0.25, 0.3) is 0 Å². The molecule has 0 unspecified atom stereocenters. The van der Waals surface area contributed by atoms with Crippen molar-refractivity contribution in [3.05, 3.63) is 28.2 Å². The Morgan fingerprint density at radius 3 is 2.45 bits per heavy atom. The van der Waals surface area contributed by atoms with Gasteiger partial charge in [0.15, 0.2) is 0 Å². The number of carbonyl (C=O) groups is 1. The number of nitrogens with one attached hydrogen (secondary N) is 2. The number of amides is 2. The number of rotatable bonds is 2. The number of hydrogen-bond acceptors (Lipinski definition) is 2. The van der Waals surface area contributed by atoms with E-state index >= 15 is 0 Å². The van der Waals surface area contributed by atoms with Gasteiger partial charge in [0.1, 0.15) is 0 Å². The third-order valence-electron chi connectivity index (χ3n) is 3.60. The van der Waals surface area contributed by atoms with Gasteiger partial charge in [-0.2, -0.15) is 0 Å². The molecule has 0 bridgehead atoms. The number of anilines is 1. The molecule has 1 aromatic carbocycles. The minimum Gasteiger partial charge on any atom is -0.307 e. The highest BCUT2D eigenvalue weighted by atomic mass is 35.5. The summed E-state index contributed by atoms with van der Waals surface area (Å²) in [5.74, 6) is 0. The smallest absolute Gasteiger partial charge is 0.307 e. The van der Waals surface area contributed by atoms with Gasteiger partial charge >= 0.3 is 6.03 Å². The number of nitrogens with zero attached hydrogens (tertiary/aromatic N) is 1. The first-order valence-electron chi connectivity index (χ1n) is 6.78. The Bertz CT molecular complexity index is 485. The van der Waals surface area contributed by atoms with Crippen LogP contribution >= 0.6 is 23.2 Å². The Morgan fingerprint density at radius 2 is 1.85 bits per heavy atom. The van der Waals surface area contributed by atoms with Crippen molar-refractivity contribution in [1.29, 1.82) is 0 Å². The van der Waals surface area contributed by atoms with E-state index in [4.69, 9.17) is 23.2 Å². The second-order valence-electron chi connectivity index (χ2n) is 5.23. The molecule has 1 fully saturated rings. The Morgan fingerprint density at radius 1 is 1.20 bits per heavy atom. The molecule has 0 spiro atoms. The number of hydrogen-bond donors (Lipinski definition) is 2. The highest BCUT2D eigenvalue weighted by Gasteiger charge is 2.26. The molecule has 0 saturated carbocycles. The van der Waals surface area contributed by atoms with E-state index in [0.717, 1.165) is 12.8 Å². The number of hydrazine groups is 1. The van der Waals surface area contributed by atoms with Gasteiger partial charge in [0.2, 0.25) is 0 Å². The average molecular weight is 316 g/mol. The summed E-state index contributed by atoms with van der Waals surface area (Å²) in [6.45, 7) is 4.24. The average Bonchev–Trinajstić information content (AvgIpc) is 2.38. The first-order chi connectivity index (χ1) is 9.47. The lowest BCUT2D eigenvalue weighted by Crippen LogP contribution is -2.55. The second-order valence-corrected chi connectivity index (χ2v) is 6.05. The Labute approximate surface area is 129 Å². The van der Waals surface area contributed by atoms with E-state index in [2.05, 4.69) is 24.6 Å². The van der Waals surface area contributed by atoms with Crippen molar-refractivity contribution in [1.82, 2.24) is 10.4 Å². The fourth-order valence-electron chi connectivity index (χ4n) is 2.49. The Kier molecular flexibility index (Phi) is 5.13. The van der Waals surface area contributed by atoms with Gasteiger partial charge in [-0.25, -0.2) is 9.80 Å². The maximum atomic E-state index is 12.0. The van der Waals surface area contributed by atoms with Crippen LogP contribution in [-0.2, 0) is 0 Å². The summed E-state index contributed by atoms with van der Waals surface area (Å²) in [6.07, 6.45) is 3.39. The van der Waals surface area contributed by atoms with E-state index in [1.807, 2.05) is 5.01 Å². The largest absolute Gasteiger partial charge is 0.333 e. The first-order valence-corrected chi connectivity index (χ1v) is 7.54. The second kappa shape index (κ2) is 6.66. The van der Waals surface area contributed by atoms with Gasteiger partial charge < -0.3 is 5.32 Å². The van der Waals surface area contributed by atoms with E-state index in [-0.39, 0.29) is 6.03 Å². The standard InChI is InChI=1S/C14H19Cl2N3O/c1-9-4-3-5-10(2)19(9)18-14(20)17-11-6-7-12(15)13(16)8-11/h6-10H,3-5H2,1-2H3,(H2,17,18,20)/t9-,10-/m1/s1. The van der Waals surface area contributed by atoms with Gasteiger partial charge in [-0.15, -0.1) is 0 Å². The lowest BCUT2D eigenvalue weighted by atomic mass is 10.00. The number of piperidine rings is 1. The molecule has 1 saturated heterocycles. The van der Waals surface area contributed by atoms with Gasteiger partial charge in [0.05, 0.1) is 10.0 Å². The molecule has 2 amide bonds. The SMILES string of the molecule is C[C@@H]1CCC[C@@H](C)N1NC(=O)Nc1ccc(Cl)c(Cl)c1. The fraction of sp³-hybridized carbons (Fsp3) is 0.500. The van der Waals surface area contributed by atoms with Crippen LogP contribution in [0.4, 0.5) is 10.5 Å². The van der Waals surface area contributed by atoms with Crippen LogP contribution in [0, 0.1) is 0 Å². The van der Waals surface area contributed by atoms with E-state index in [0.29, 0.717) is 27.8 Å². The lowest BCUT2D eigenvalue weighted by molar-refractivity contribution is 0.0625. The first kappa shape index (κ1) is 15.4. The van der Waals surface area contributed by atoms with E-state index < -0.39 is 0 Å². The maximum absolute atomic E-state index is 12.0. The van der Waals surface area contributed by atoms with Crippen molar-refractivity contribution in [2.24, 2.45) is 0 Å². The monoisotopic (exact) mass is 315 g/mol. The Balaban J connectivity index is 1.96. The van der Waals surface area contributed by atoms with Crippen molar-refractivity contribution in [3.8, 4) is 0 Å². The summed E-state index contributed by atoms with van der Waals surface area (Å²) in [7, 11) is 0. The van der Waals surface area contributed by atoms with Gasteiger partial charge in [-0.3, -0.25) is 5.43 Å². The molecule has 0 aromatic heterocycles. The molecule has 0 radical (unpaired) electrons. The van der Waals surface area contributed by atoms with Crippen LogP contribution in [0.25, 0.3) is 0 Å². The summed E-state index contributed by atoms with van der Waals surface area (Å²) in [5.41, 5.74) is 3.53. The van der Waals surface area contributed by atoms with E-state index in [9.17, 15) is 4.79 Å².